The number of aromatic nitrogens is 1. The van der Waals surface area contributed by atoms with Crippen molar-refractivity contribution >= 4 is 5.82 Å². The molecule has 1 N–H and O–H groups in total. The number of piperidine rings is 1. The van der Waals surface area contributed by atoms with Gasteiger partial charge in [0.25, 0.3) is 0 Å². The molecule has 4 heteroatoms. The van der Waals surface area contributed by atoms with Crippen LogP contribution in [0.4, 0.5) is 5.82 Å². The Hall–Kier alpha value is -1.29. The van der Waals surface area contributed by atoms with Crippen LogP contribution in [0.2, 0.25) is 0 Å². The van der Waals surface area contributed by atoms with Gasteiger partial charge < -0.3 is 15.0 Å². The largest absolute Gasteiger partial charge is 0.490 e. The van der Waals surface area contributed by atoms with Crippen LogP contribution >= 0.6 is 0 Å². The number of pyridine rings is 1. The van der Waals surface area contributed by atoms with Gasteiger partial charge in [-0.25, -0.2) is 4.98 Å². The summed E-state index contributed by atoms with van der Waals surface area (Å²) >= 11 is 0. The summed E-state index contributed by atoms with van der Waals surface area (Å²) in [5.74, 6) is 2.74. The first-order valence-electron chi connectivity index (χ1n) is 6.24. The van der Waals surface area contributed by atoms with E-state index in [0.717, 1.165) is 30.1 Å². The highest BCUT2D eigenvalue weighted by atomic mass is 16.5. The van der Waals surface area contributed by atoms with Gasteiger partial charge in [-0.1, -0.05) is 0 Å². The number of nitrogens with one attached hydrogen (secondary N) is 1. The van der Waals surface area contributed by atoms with Crippen LogP contribution in [-0.4, -0.2) is 37.8 Å². The van der Waals surface area contributed by atoms with Crippen LogP contribution in [0.5, 0.6) is 5.75 Å². The first kappa shape index (κ1) is 10.8. The molecule has 4 nitrogen and oxygen atoms in total. The van der Waals surface area contributed by atoms with Crippen molar-refractivity contribution in [2.45, 2.75) is 24.9 Å². The summed E-state index contributed by atoms with van der Waals surface area (Å²) in [4.78, 5) is 6.31. The number of ether oxygens (including phenoxy) is 1. The molecule has 1 saturated heterocycles. The zero-order chi connectivity index (χ0) is 11.8. The molecule has 1 saturated carbocycles. The molecule has 92 valence electrons. The fraction of sp³-hybridized carbons (Fsp3) is 0.615. The molecule has 0 amide bonds. The Morgan fingerprint density at radius 2 is 2.29 bits per heavy atom. The SMILES string of the molecule is CN(C)c1ccc(OCC2CC3CC3N2)cn1. The van der Waals surface area contributed by atoms with Crippen LogP contribution in [0.3, 0.4) is 0 Å². The van der Waals surface area contributed by atoms with Gasteiger partial charge in [-0.05, 0) is 30.9 Å². The molecule has 3 unspecified atom stereocenters. The smallest absolute Gasteiger partial charge is 0.137 e. The Morgan fingerprint density at radius 1 is 1.41 bits per heavy atom. The van der Waals surface area contributed by atoms with Crippen molar-refractivity contribution in [1.82, 2.24) is 10.3 Å². The number of rotatable bonds is 4. The molecular formula is C13H19N3O. The minimum atomic E-state index is 0.535. The molecule has 1 aromatic heterocycles. The van der Waals surface area contributed by atoms with Gasteiger partial charge in [-0.2, -0.15) is 0 Å². The molecule has 3 rings (SSSR count). The minimum absolute atomic E-state index is 0.535. The number of anilines is 1. The lowest BCUT2D eigenvalue weighted by Gasteiger charge is -2.15. The normalized spacial score (nSPS) is 29.9. The molecule has 1 aromatic rings. The van der Waals surface area contributed by atoms with Gasteiger partial charge in [-0.15, -0.1) is 0 Å². The van der Waals surface area contributed by atoms with Gasteiger partial charge in [0.2, 0.25) is 0 Å². The molecule has 0 bridgehead atoms. The highest BCUT2D eigenvalue weighted by Gasteiger charge is 2.45. The predicted octanol–water partition coefficient (Wildman–Crippen LogP) is 1.28. The molecule has 2 fully saturated rings. The summed E-state index contributed by atoms with van der Waals surface area (Å²) in [5.41, 5.74) is 0. The van der Waals surface area contributed by atoms with E-state index in [1.54, 1.807) is 6.20 Å². The van der Waals surface area contributed by atoms with E-state index < -0.39 is 0 Å². The lowest BCUT2D eigenvalue weighted by molar-refractivity contribution is 0.267. The van der Waals surface area contributed by atoms with E-state index in [1.165, 1.54) is 12.8 Å². The summed E-state index contributed by atoms with van der Waals surface area (Å²) in [6, 6.07) is 5.29. The van der Waals surface area contributed by atoms with Crippen molar-refractivity contribution < 1.29 is 4.74 Å². The third kappa shape index (κ3) is 2.36. The van der Waals surface area contributed by atoms with E-state index in [0.29, 0.717) is 6.04 Å². The highest BCUT2D eigenvalue weighted by Crippen LogP contribution is 2.40. The molecule has 2 heterocycles. The first-order chi connectivity index (χ1) is 8.22. The fourth-order valence-corrected chi connectivity index (χ4v) is 2.48. The Bertz CT molecular complexity index is 380. The van der Waals surface area contributed by atoms with Crippen molar-refractivity contribution in [3.05, 3.63) is 18.3 Å². The van der Waals surface area contributed by atoms with Gasteiger partial charge in [-0.3, -0.25) is 0 Å². The third-order valence-corrected chi connectivity index (χ3v) is 3.59. The Morgan fingerprint density at radius 3 is 2.88 bits per heavy atom. The first-order valence-corrected chi connectivity index (χ1v) is 6.24. The molecule has 1 aliphatic carbocycles. The van der Waals surface area contributed by atoms with E-state index in [9.17, 15) is 0 Å². The summed E-state index contributed by atoms with van der Waals surface area (Å²) in [6.07, 6.45) is 4.44. The van der Waals surface area contributed by atoms with Crippen LogP contribution < -0.4 is 15.0 Å². The number of nitrogens with zero attached hydrogens (tertiary/aromatic N) is 2. The van der Waals surface area contributed by atoms with E-state index in [-0.39, 0.29) is 0 Å². The minimum Gasteiger partial charge on any atom is -0.490 e. The van der Waals surface area contributed by atoms with E-state index >= 15 is 0 Å². The van der Waals surface area contributed by atoms with Crippen LogP contribution in [-0.2, 0) is 0 Å². The zero-order valence-electron chi connectivity index (χ0n) is 10.4. The van der Waals surface area contributed by atoms with Crippen LogP contribution in [0.15, 0.2) is 18.3 Å². The van der Waals surface area contributed by atoms with Crippen molar-refractivity contribution in [3.8, 4) is 5.75 Å². The highest BCUT2D eigenvalue weighted by molar-refractivity contribution is 5.38. The lowest BCUT2D eigenvalue weighted by atomic mass is 10.2. The topological polar surface area (TPSA) is 37.4 Å². The fourth-order valence-electron chi connectivity index (χ4n) is 2.48. The van der Waals surface area contributed by atoms with Crippen molar-refractivity contribution in [2.75, 3.05) is 25.6 Å². The summed E-state index contributed by atoms with van der Waals surface area (Å²) in [6.45, 7) is 0.760. The second kappa shape index (κ2) is 4.18. The monoisotopic (exact) mass is 233 g/mol. The molecular weight excluding hydrogens is 214 g/mol. The van der Waals surface area contributed by atoms with Crippen molar-refractivity contribution in [2.24, 2.45) is 5.92 Å². The predicted molar refractivity (Wildman–Crippen MR) is 67.5 cm³/mol. The van der Waals surface area contributed by atoms with Crippen molar-refractivity contribution in [3.63, 3.8) is 0 Å². The summed E-state index contributed by atoms with van der Waals surface area (Å²) < 4.78 is 5.75. The lowest BCUT2D eigenvalue weighted by Crippen LogP contribution is -2.31. The summed E-state index contributed by atoms with van der Waals surface area (Å²) in [7, 11) is 3.97. The maximum atomic E-state index is 5.75. The van der Waals surface area contributed by atoms with Crippen LogP contribution in [0.25, 0.3) is 0 Å². The van der Waals surface area contributed by atoms with Gasteiger partial charge in [0, 0.05) is 26.2 Å². The average Bonchev–Trinajstić information content (AvgIpc) is 2.95. The van der Waals surface area contributed by atoms with E-state index in [4.69, 9.17) is 4.74 Å². The Labute approximate surface area is 102 Å². The molecule has 0 radical (unpaired) electrons. The zero-order valence-corrected chi connectivity index (χ0v) is 10.4. The molecule has 3 atom stereocenters. The van der Waals surface area contributed by atoms with Gasteiger partial charge in [0.05, 0.1) is 6.20 Å². The van der Waals surface area contributed by atoms with Gasteiger partial charge >= 0.3 is 0 Å². The van der Waals surface area contributed by atoms with Crippen molar-refractivity contribution in [1.29, 1.82) is 0 Å². The standard InChI is InChI=1S/C13H19N3O/c1-16(2)13-4-3-11(7-14-13)17-8-10-5-9-6-12(9)15-10/h3-4,7,9-10,12,15H,5-6,8H2,1-2H3. The summed E-state index contributed by atoms with van der Waals surface area (Å²) in [5, 5.41) is 3.57. The van der Waals surface area contributed by atoms with Gasteiger partial charge in [0.15, 0.2) is 0 Å². The molecule has 0 spiro atoms. The van der Waals surface area contributed by atoms with Gasteiger partial charge in [0.1, 0.15) is 18.2 Å². The van der Waals surface area contributed by atoms with Crippen LogP contribution in [0, 0.1) is 5.92 Å². The molecule has 0 aromatic carbocycles. The quantitative estimate of drug-likeness (QED) is 0.850. The Kier molecular flexibility index (Phi) is 2.67. The number of hydrogen-bond acceptors (Lipinski definition) is 4. The number of hydrogen-bond donors (Lipinski definition) is 1. The Balaban J connectivity index is 1.51. The van der Waals surface area contributed by atoms with E-state index in [1.807, 2.05) is 31.1 Å². The maximum Gasteiger partial charge on any atom is 0.137 e. The number of fused-ring (bicyclic) bond motifs is 1. The van der Waals surface area contributed by atoms with Crippen LogP contribution in [0.1, 0.15) is 12.8 Å². The average molecular weight is 233 g/mol. The molecule has 17 heavy (non-hydrogen) atoms. The second-order valence-electron chi connectivity index (χ2n) is 5.26. The second-order valence-corrected chi connectivity index (χ2v) is 5.26. The molecule has 1 aliphatic heterocycles. The third-order valence-electron chi connectivity index (χ3n) is 3.59. The molecule has 2 aliphatic rings. The van der Waals surface area contributed by atoms with E-state index in [2.05, 4.69) is 10.3 Å². The maximum absolute atomic E-state index is 5.75.